The Balaban J connectivity index is 2.51. The van der Waals surface area contributed by atoms with Gasteiger partial charge in [-0.15, -0.1) is 11.3 Å². The molecule has 0 amide bonds. The lowest BCUT2D eigenvalue weighted by Gasteiger charge is -2.20. The number of aliphatic hydroxyl groups is 1. The summed E-state index contributed by atoms with van der Waals surface area (Å²) in [6.45, 7) is 9.63. The van der Waals surface area contributed by atoms with Crippen LogP contribution in [0.3, 0.4) is 0 Å². The van der Waals surface area contributed by atoms with Gasteiger partial charge in [-0.05, 0) is 13.2 Å². The number of thiazole rings is 1. The first kappa shape index (κ1) is 16.0. The van der Waals surface area contributed by atoms with E-state index < -0.39 is 0 Å². The van der Waals surface area contributed by atoms with Crippen LogP contribution in [0, 0.1) is 0 Å². The summed E-state index contributed by atoms with van der Waals surface area (Å²) in [6, 6.07) is 0.284. The molecule has 1 heterocycles. The third kappa shape index (κ3) is 4.53. The highest BCUT2D eigenvalue weighted by Gasteiger charge is 2.18. The molecule has 0 aromatic carbocycles. The molecule has 1 rings (SSSR count). The van der Waals surface area contributed by atoms with E-state index in [2.05, 4.69) is 43.4 Å². The normalized spacial score (nSPS) is 15.7. The highest BCUT2D eigenvalue weighted by atomic mass is 32.2. The Hall–Kier alpha value is -0.100. The van der Waals surface area contributed by atoms with Crippen molar-refractivity contribution in [3.63, 3.8) is 0 Å². The van der Waals surface area contributed by atoms with Gasteiger partial charge in [0.15, 0.2) is 0 Å². The molecule has 0 radical (unpaired) electrons. The number of hydrogen-bond acceptors (Lipinski definition) is 5. The first-order valence-corrected chi connectivity index (χ1v) is 8.37. The molecular weight excluding hydrogens is 264 g/mol. The highest BCUT2D eigenvalue weighted by molar-refractivity contribution is 7.99. The fraction of sp³-hybridized carbons (Fsp3) is 0.769. The molecule has 5 heteroatoms. The SMILES string of the molecule is CSC(CO)C(C)NCc1nc(C(C)(C)C)cs1. The molecule has 3 nitrogen and oxygen atoms in total. The summed E-state index contributed by atoms with van der Waals surface area (Å²) in [5, 5.41) is 16.2. The van der Waals surface area contributed by atoms with Crippen LogP contribution in [0.5, 0.6) is 0 Å². The van der Waals surface area contributed by atoms with Crippen molar-refractivity contribution in [1.29, 1.82) is 0 Å². The average molecular weight is 288 g/mol. The van der Waals surface area contributed by atoms with Crippen molar-refractivity contribution in [3.8, 4) is 0 Å². The van der Waals surface area contributed by atoms with E-state index in [0.717, 1.165) is 17.2 Å². The number of thioether (sulfide) groups is 1. The molecule has 1 aromatic rings. The lowest BCUT2D eigenvalue weighted by atomic mass is 9.93. The molecule has 0 aliphatic heterocycles. The molecular formula is C13H24N2OS2. The summed E-state index contributed by atoms with van der Waals surface area (Å²) in [5.74, 6) is 0. The van der Waals surface area contributed by atoms with Crippen LogP contribution in [-0.2, 0) is 12.0 Å². The standard InChI is InChI=1S/C13H24N2OS2/c1-9(10(7-16)17-5)14-6-12-15-11(8-18-12)13(2,3)4/h8-10,14,16H,6-7H2,1-5H3. The van der Waals surface area contributed by atoms with E-state index in [1.165, 1.54) is 0 Å². The maximum Gasteiger partial charge on any atom is 0.107 e. The molecule has 2 N–H and O–H groups in total. The number of hydrogen-bond donors (Lipinski definition) is 2. The van der Waals surface area contributed by atoms with Gasteiger partial charge in [0.05, 0.1) is 12.3 Å². The van der Waals surface area contributed by atoms with Gasteiger partial charge in [-0.25, -0.2) is 4.98 Å². The summed E-state index contributed by atoms with van der Waals surface area (Å²) in [6.07, 6.45) is 2.03. The van der Waals surface area contributed by atoms with Crippen LogP contribution in [0.1, 0.15) is 38.4 Å². The van der Waals surface area contributed by atoms with E-state index in [4.69, 9.17) is 0 Å². The van der Waals surface area contributed by atoms with E-state index in [-0.39, 0.29) is 23.3 Å². The average Bonchev–Trinajstić information content (AvgIpc) is 2.76. The minimum absolute atomic E-state index is 0.118. The molecule has 0 spiro atoms. The van der Waals surface area contributed by atoms with Gasteiger partial charge >= 0.3 is 0 Å². The fourth-order valence-electron chi connectivity index (χ4n) is 1.55. The van der Waals surface area contributed by atoms with Crippen LogP contribution in [0.25, 0.3) is 0 Å². The van der Waals surface area contributed by atoms with Crippen LogP contribution < -0.4 is 5.32 Å². The monoisotopic (exact) mass is 288 g/mol. The van der Waals surface area contributed by atoms with Gasteiger partial charge in [0.2, 0.25) is 0 Å². The molecule has 0 bridgehead atoms. The van der Waals surface area contributed by atoms with Gasteiger partial charge in [-0.1, -0.05) is 20.8 Å². The molecule has 0 aliphatic carbocycles. The van der Waals surface area contributed by atoms with Crippen molar-refractivity contribution in [3.05, 3.63) is 16.1 Å². The minimum atomic E-state index is 0.118. The smallest absolute Gasteiger partial charge is 0.107 e. The zero-order valence-electron chi connectivity index (χ0n) is 11.9. The quantitative estimate of drug-likeness (QED) is 0.845. The second-order valence-electron chi connectivity index (χ2n) is 5.50. The third-order valence-electron chi connectivity index (χ3n) is 2.94. The summed E-state index contributed by atoms with van der Waals surface area (Å²) in [4.78, 5) is 4.65. The lowest BCUT2D eigenvalue weighted by molar-refractivity contribution is 0.276. The minimum Gasteiger partial charge on any atom is -0.395 e. The van der Waals surface area contributed by atoms with Gasteiger partial charge in [0.1, 0.15) is 5.01 Å². The number of aliphatic hydroxyl groups excluding tert-OH is 1. The Morgan fingerprint density at radius 2 is 2.17 bits per heavy atom. The second-order valence-corrected chi connectivity index (χ2v) is 7.52. The van der Waals surface area contributed by atoms with Crippen molar-refractivity contribution in [2.75, 3.05) is 12.9 Å². The molecule has 104 valence electrons. The zero-order valence-corrected chi connectivity index (χ0v) is 13.5. The van der Waals surface area contributed by atoms with Crippen molar-refractivity contribution in [2.24, 2.45) is 0 Å². The molecule has 2 atom stereocenters. The van der Waals surface area contributed by atoms with Gasteiger partial charge in [-0.2, -0.15) is 11.8 Å². The molecule has 0 fully saturated rings. The van der Waals surface area contributed by atoms with Crippen LogP contribution >= 0.6 is 23.1 Å². The van der Waals surface area contributed by atoms with Crippen LogP contribution in [0.4, 0.5) is 0 Å². The van der Waals surface area contributed by atoms with E-state index in [0.29, 0.717) is 0 Å². The van der Waals surface area contributed by atoms with E-state index in [1.807, 2.05) is 6.26 Å². The number of aromatic nitrogens is 1. The van der Waals surface area contributed by atoms with Crippen LogP contribution in [0.2, 0.25) is 0 Å². The predicted molar refractivity (Wildman–Crippen MR) is 81.5 cm³/mol. The first-order valence-electron chi connectivity index (χ1n) is 6.20. The number of rotatable bonds is 6. The van der Waals surface area contributed by atoms with Crippen LogP contribution in [0.15, 0.2) is 5.38 Å². The largest absolute Gasteiger partial charge is 0.395 e. The molecule has 18 heavy (non-hydrogen) atoms. The third-order valence-corrected chi connectivity index (χ3v) is 4.95. The van der Waals surface area contributed by atoms with Crippen molar-refractivity contribution in [2.45, 2.75) is 50.9 Å². The van der Waals surface area contributed by atoms with E-state index >= 15 is 0 Å². The van der Waals surface area contributed by atoms with Crippen molar-refractivity contribution < 1.29 is 5.11 Å². The number of nitrogens with zero attached hydrogens (tertiary/aromatic N) is 1. The van der Waals surface area contributed by atoms with Gasteiger partial charge in [-0.3, -0.25) is 0 Å². The Morgan fingerprint density at radius 1 is 1.50 bits per heavy atom. The van der Waals surface area contributed by atoms with Crippen LogP contribution in [-0.4, -0.2) is 34.2 Å². The second kappa shape index (κ2) is 6.89. The molecule has 0 aliphatic rings. The predicted octanol–water partition coefficient (Wildman–Crippen LogP) is 2.64. The van der Waals surface area contributed by atoms with Crippen molar-refractivity contribution >= 4 is 23.1 Å². The topological polar surface area (TPSA) is 45.1 Å². The van der Waals surface area contributed by atoms with Crippen molar-refractivity contribution in [1.82, 2.24) is 10.3 Å². The summed E-state index contributed by atoms with van der Waals surface area (Å²) >= 11 is 3.40. The maximum atomic E-state index is 9.23. The van der Waals surface area contributed by atoms with E-state index in [9.17, 15) is 5.11 Å². The Bertz CT molecular complexity index is 356. The number of nitrogens with one attached hydrogen (secondary N) is 1. The molecule has 2 unspecified atom stereocenters. The van der Waals surface area contributed by atoms with Gasteiger partial charge in [0.25, 0.3) is 0 Å². The first-order chi connectivity index (χ1) is 8.38. The zero-order chi connectivity index (χ0) is 13.8. The molecule has 0 saturated carbocycles. The summed E-state index contributed by atoms with van der Waals surface area (Å²) < 4.78 is 0. The fourth-order valence-corrected chi connectivity index (χ4v) is 3.18. The lowest BCUT2D eigenvalue weighted by Crippen LogP contribution is -2.37. The molecule has 1 aromatic heterocycles. The van der Waals surface area contributed by atoms with Gasteiger partial charge < -0.3 is 10.4 Å². The Kier molecular flexibility index (Phi) is 6.11. The van der Waals surface area contributed by atoms with Gasteiger partial charge in [0, 0.05) is 28.6 Å². The van der Waals surface area contributed by atoms with E-state index in [1.54, 1.807) is 23.1 Å². The maximum absolute atomic E-state index is 9.23. The highest BCUT2D eigenvalue weighted by Crippen LogP contribution is 2.24. The Labute approximate surface area is 118 Å². The summed E-state index contributed by atoms with van der Waals surface area (Å²) in [5.41, 5.74) is 1.27. The summed E-state index contributed by atoms with van der Waals surface area (Å²) in [7, 11) is 0. The molecule has 0 saturated heterocycles. The Morgan fingerprint density at radius 3 is 2.61 bits per heavy atom.